The highest BCUT2D eigenvalue weighted by Crippen LogP contribution is 2.30. The Morgan fingerprint density at radius 2 is 1.50 bits per heavy atom. The van der Waals surface area contributed by atoms with E-state index in [2.05, 4.69) is 3.77 Å². The van der Waals surface area contributed by atoms with Gasteiger partial charge in [0.2, 0.25) is 0 Å². The zero-order valence-corrected chi connectivity index (χ0v) is 19.4. The van der Waals surface area contributed by atoms with E-state index in [0.717, 1.165) is 11.8 Å². The standard InChI is InChI=1S/C19H29NO8S2/c1-6-14(18(21)27-3)12-16(19(22)28-4)11-13(2)15-7-9-17(10-8-15)30(25,26)20-29(5,23)24/h7-10,13-14,16H,6,11-12H2,1-5H3,(H,20,23,24). The Hall–Kier alpha value is -1.98. The van der Waals surface area contributed by atoms with E-state index in [0.29, 0.717) is 12.8 Å². The molecule has 0 amide bonds. The largest absolute Gasteiger partial charge is 0.469 e. The first kappa shape index (κ1) is 26.1. The minimum atomic E-state index is -4.26. The van der Waals surface area contributed by atoms with Gasteiger partial charge in [0.25, 0.3) is 10.0 Å². The molecule has 0 saturated heterocycles. The number of nitrogens with zero attached hydrogens (tertiary/aromatic N) is 1. The summed E-state index contributed by atoms with van der Waals surface area (Å²) in [6.45, 7) is 3.71. The predicted octanol–water partition coefficient (Wildman–Crippen LogP) is 2.82. The van der Waals surface area contributed by atoms with Crippen molar-refractivity contribution in [1.29, 1.82) is 0 Å². The van der Waals surface area contributed by atoms with Crippen LogP contribution in [0, 0.1) is 11.8 Å². The molecule has 0 spiro atoms. The first-order valence-electron chi connectivity index (χ1n) is 9.31. The van der Waals surface area contributed by atoms with Gasteiger partial charge in [-0.25, -0.2) is 4.21 Å². The quantitative estimate of drug-likeness (QED) is 0.523. The Kier molecular flexibility index (Phi) is 9.44. The number of hydrogen-bond acceptors (Lipinski definition) is 7. The molecule has 0 heterocycles. The van der Waals surface area contributed by atoms with E-state index in [1.807, 2.05) is 13.8 Å². The number of methoxy groups -OCH3 is 2. The van der Waals surface area contributed by atoms with Crippen molar-refractivity contribution in [3.8, 4) is 0 Å². The van der Waals surface area contributed by atoms with Crippen LogP contribution < -0.4 is 0 Å². The van der Waals surface area contributed by atoms with Crippen LogP contribution in [0.25, 0.3) is 0 Å². The van der Waals surface area contributed by atoms with Crippen molar-refractivity contribution in [2.24, 2.45) is 15.6 Å². The molecule has 1 aromatic carbocycles. The van der Waals surface area contributed by atoms with Gasteiger partial charge in [-0.15, -0.1) is 0 Å². The average molecular weight is 464 g/mol. The second-order valence-corrected chi connectivity index (χ2v) is 10.6. The van der Waals surface area contributed by atoms with Gasteiger partial charge in [0.1, 0.15) is 0 Å². The van der Waals surface area contributed by atoms with Gasteiger partial charge < -0.3 is 9.47 Å². The lowest BCUT2D eigenvalue weighted by atomic mass is 9.84. The van der Waals surface area contributed by atoms with Crippen LogP contribution in [0.1, 0.15) is 44.6 Å². The summed E-state index contributed by atoms with van der Waals surface area (Å²) in [5, 5.41) is 0. The third-order valence-electron chi connectivity index (χ3n) is 4.75. The van der Waals surface area contributed by atoms with Gasteiger partial charge in [-0.05, 0) is 42.9 Å². The third kappa shape index (κ3) is 7.69. The maximum absolute atomic E-state index is 12.2. The minimum absolute atomic E-state index is 0.147. The Morgan fingerprint density at radius 1 is 1.00 bits per heavy atom. The lowest BCUT2D eigenvalue weighted by Gasteiger charge is -2.22. The van der Waals surface area contributed by atoms with E-state index in [1.165, 1.54) is 26.4 Å². The van der Waals surface area contributed by atoms with Gasteiger partial charge in [-0.1, -0.05) is 29.7 Å². The summed E-state index contributed by atoms with van der Waals surface area (Å²) in [7, 11) is -5.48. The average Bonchev–Trinajstić information content (AvgIpc) is 2.68. The highest BCUT2D eigenvalue weighted by atomic mass is 32.3. The first-order chi connectivity index (χ1) is 13.8. The molecule has 170 valence electrons. The van der Waals surface area contributed by atoms with Crippen LogP contribution in [-0.4, -0.2) is 49.6 Å². The van der Waals surface area contributed by atoms with E-state index in [-0.39, 0.29) is 23.2 Å². The summed E-state index contributed by atoms with van der Waals surface area (Å²) < 4.78 is 57.3. The first-order valence-corrected chi connectivity index (χ1v) is 12.6. The molecule has 4 atom stereocenters. The van der Waals surface area contributed by atoms with Crippen LogP contribution in [0.5, 0.6) is 0 Å². The highest BCUT2D eigenvalue weighted by Gasteiger charge is 2.29. The van der Waals surface area contributed by atoms with E-state index in [9.17, 15) is 26.8 Å². The molecule has 11 heteroatoms. The van der Waals surface area contributed by atoms with Gasteiger partial charge in [-0.2, -0.15) is 8.42 Å². The van der Waals surface area contributed by atoms with Gasteiger partial charge in [0, 0.05) is 6.26 Å². The second-order valence-electron chi connectivity index (χ2n) is 7.10. The summed E-state index contributed by atoms with van der Waals surface area (Å²) in [6, 6.07) is 5.72. The molecule has 0 bridgehead atoms. The molecule has 1 N–H and O–H groups in total. The monoisotopic (exact) mass is 463 g/mol. The molecular weight excluding hydrogens is 434 g/mol. The molecule has 0 aliphatic heterocycles. The number of benzene rings is 1. The van der Waals surface area contributed by atoms with Gasteiger partial charge in [0.05, 0.1) is 31.0 Å². The van der Waals surface area contributed by atoms with Crippen molar-refractivity contribution in [3.63, 3.8) is 0 Å². The van der Waals surface area contributed by atoms with E-state index in [4.69, 9.17) is 9.47 Å². The molecule has 0 aliphatic carbocycles. The van der Waals surface area contributed by atoms with E-state index < -0.39 is 37.8 Å². The SMILES string of the molecule is CCC(CC(CC(C)c1ccc(S(=O)(=O)N=S(C)(=O)O)cc1)C(=O)OC)C(=O)OC. The Bertz CT molecular complexity index is 955. The normalized spacial score (nSPS) is 16.6. The summed E-state index contributed by atoms with van der Waals surface area (Å²) in [5.74, 6) is -1.92. The molecule has 0 aliphatic rings. The summed E-state index contributed by atoms with van der Waals surface area (Å²) in [6.07, 6.45) is 2.00. The van der Waals surface area contributed by atoms with Crippen LogP contribution >= 0.6 is 0 Å². The zero-order chi connectivity index (χ0) is 23.1. The second kappa shape index (κ2) is 10.9. The van der Waals surface area contributed by atoms with Crippen LogP contribution in [0.15, 0.2) is 32.9 Å². The van der Waals surface area contributed by atoms with Crippen LogP contribution in [0.2, 0.25) is 0 Å². The molecule has 0 aromatic heterocycles. The Morgan fingerprint density at radius 3 is 1.93 bits per heavy atom. The lowest BCUT2D eigenvalue weighted by molar-refractivity contribution is -0.150. The number of sulfonamides is 1. The molecule has 0 saturated carbocycles. The lowest BCUT2D eigenvalue weighted by Crippen LogP contribution is -2.25. The fourth-order valence-electron chi connectivity index (χ4n) is 3.15. The maximum atomic E-state index is 12.2. The van der Waals surface area contributed by atoms with Gasteiger partial charge in [-0.3, -0.25) is 14.1 Å². The van der Waals surface area contributed by atoms with Gasteiger partial charge >= 0.3 is 11.9 Å². The summed E-state index contributed by atoms with van der Waals surface area (Å²) >= 11 is 0. The molecule has 0 fully saturated rings. The minimum Gasteiger partial charge on any atom is -0.469 e. The number of hydrogen-bond donors (Lipinski definition) is 1. The number of carbonyl (C=O) groups is 2. The molecule has 0 radical (unpaired) electrons. The fraction of sp³-hybridized carbons (Fsp3) is 0.579. The maximum Gasteiger partial charge on any atom is 0.308 e. The molecule has 1 aromatic rings. The highest BCUT2D eigenvalue weighted by molar-refractivity contribution is 8.00. The van der Waals surface area contributed by atoms with Crippen molar-refractivity contribution < 1.29 is 36.2 Å². The summed E-state index contributed by atoms with van der Waals surface area (Å²) in [5.41, 5.74) is 0.759. The molecule has 9 nitrogen and oxygen atoms in total. The number of esters is 2. The van der Waals surface area contributed by atoms with E-state index >= 15 is 0 Å². The van der Waals surface area contributed by atoms with E-state index in [1.54, 1.807) is 12.1 Å². The molecule has 1 rings (SSSR count). The topological polar surface area (TPSA) is 136 Å². The van der Waals surface area contributed by atoms with Crippen LogP contribution in [0.3, 0.4) is 0 Å². The molecular formula is C19H29NO8S2. The molecule has 4 unspecified atom stereocenters. The van der Waals surface area contributed by atoms with Crippen molar-refractivity contribution >= 4 is 32.0 Å². The number of carbonyl (C=O) groups excluding carboxylic acids is 2. The van der Waals surface area contributed by atoms with Crippen LogP contribution in [-0.2, 0) is 39.1 Å². The molecule has 30 heavy (non-hydrogen) atoms. The van der Waals surface area contributed by atoms with Crippen molar-refractivity contribution in [1.82, 2.24) is 0 Å². The third-order valence-corrected chi connectivity index (χ3v) is 7.51. The number of rotatable bonds is 10. The van der Waals surface area contributed by atoms with Crippen molar-refractivity contribution in [2.45, 2.75) is 43.9 Å². The fourth-order valence-corrected chi connectivity index (χ4v) is 5.43. The van der Waals surface area contributed by atoms with Gasteiger partial charge in [0.15, 0.2) is 10.0 Å². The van der Waals surface area contributed by atoms with Crippen molar-refractivity contribution in [3.05, 3.63) is 29.8 Å². The summed E-state index contributed by atoms with van der Waals surface area (Å²) in [4.78, 5) is 23.9. The smallest absolute Gasteiger partial charge is 0.308 e. The number of ether oxygens (including phenoxy) is 2. The predicted molar refractivity (Wildman–Crippen MR) is 112 cm³/mol. The zero-order valence-electron chi connectivity index (χ0n) is 17.7. The Balaban J connectivity index is 3.05. The van der Waals surface area contributed by atoms with Crippen molar-refractivity contribution in [2.75, 3.05) is 20.5 Å². The Labute approximate surface area is 178 Å². The van der Waals surface area contributed by atoms with Crippen LogP contribution in [0.4, 0.5) is 0 Å².